The van der Waals surface area contributed by atoms with Crippen molar-refractivity contribution >= 4 is 29.6 Å². The largest absolute Gasteiger partial charge is 0.370 e. The summed E-state index contributed by atoms with van der Waals surface area (Å²) in [6.45, 7) is 0.712. The molecule has 1 aromatic carbocycles. The monoisotopic (exact) mass is 558 g/mol. The summed E-state index contributed by atoms with van der Waals surface area (Å²) >= 11 is 0. The van der Waals surface area contributed by atoms with Crippen molar-refractivity contribution in [3.8, 4) is 0 Å². The highest BCUT2D eigenvalue weighted by molar-refractivity contribution is 5.98. The molecule has 0 saturated heterocycles. The van der Waals surface area contributed by atoms with E-state index in [-0.39, 0.29) is 18.9 Å². The normalized spacial score (nSPS) is 15.7. The molecule has 0 radical (unpaired) electrons. The van der Waals surface area contributed by atoms with Gasteiger partial charge < -0.3 is 38.9 Å². The third-order valence-electron chi connectivity index (χ3n) is 7.14. The van der Waals surface area contributed by atoms with Crippen LogP contribution in [0, 0.1) is 5.92 Å². The fourth-order valence-electron chi connectivity index (χ4n) is 4.91. The van der Waals surface area contributed by atoms with Gasteiger partial charge in [0.15, 0.2) is 5.96 Å². The second-order valence-corrected chi connectivity index (χ2v) is 10.4. The number of primary amides is 1. The van der Waals surface area contributed by atoms with Crippen LogP contribution in [0.5, 0.6) is 0 Å². The molecule has 0 spiro atoms. The number of nitrogens with two attached hydrogens (primary N) is 4. The lowest BCUT2D eigenvalue weighted by atomic mass is 9.84. The SMILES string of the molecule is NCCCC[C@H](NC(=O)[C@H](CCCN=C(N)N)NC(=O)c1ccccc1)C(=O)N[C@@H](CC1CCCCC1)C(N)=O. The van der Waals surface area contributed by atoms with Crippen molar-refractivity contribution in [1.29, 1.82) is 0 Å². The molecule has 1 aliphatic carbocycles. The Bertz CT molecular complexity index is 978. The van der Waals surface area contributed by atoms with Crippen LogP contribution in [0.1, 0.15) is 81.0 Å². The Morgan fingerprint density at radius 2 is 1.40 bits per heavy atom. The summed E-state index contributed by atoms with van der Waals surface area (Å²) in [6.07, 6.45) is 8.07. The minimum absolute atomic E-state index is 0.0665. The zero-order chi connectivity index (χ0) is 29.3. The average Bonchev–Trinajstić information content (AvgIpc) is 2.94. The van der Waals surface area contributed by atoms with Crippen LogP contribution in [0.25, 0.3) is 0 Å². The molecule has 4 amide bonds. The Hall–Kier alpha value is -3.67. The maximum Gasteiger partial charge on any atom is 0.251 e. The van der Waals surface area contributed by atoms with Gasteiger partial charge in [-0.2, -0.15) is 0 Å². The van der Waals surface area contributed by atoms with Crippen LogP contribution in [-0.2, 0) is 14.4 Å². The van der Waals surface area contributed by atoms with Crippen LogP contribution in [0.3, 0.4) is 0 Å². The quantitative estimate of drug-likeness (QED) is 0.0808. The molecule has 0 heterocycles. The number of amides is 4. The summed E-state index contributed by atoms with van der Waals surface area (Å²) in [4.78, 5) is 55.7. The number of carbonyl (C=O) groups excluding carboxylic acids is 4. The van der Waals surface area contributed by atoms with Crippen molar-refractivity contribution in [2.24, 2.45) is 33.8 Å². The van der Waals surface area contributed by atoms with Crippen molar-refractivity contribution in [2.45, 2.75) is 88.8 Å². The predicted molar refractivity (Wildman–Crippen MR) is 155 cm³/mol. The predicted octanol–water partition coefficient (Wildman–Crippen LogP) is 0.393. The van der Waals surface area contributed by atoms with Gasteiger partial charge in [-0.3, -0.25) is 24.2 Å². The van der Waals surface area contributed by atoms with Crippen molar-refractivity contribution < 1.29 is 19.2 Å². The number of nitrogens with zero attached hydrogens (tertiary/aromatic N) is 1. The molecule has 2 rings (SSSR count). The summed E-state index contributed by atoms with van der Waals surface area (Å²) in [6, 6.07) is 5.83. The van der Waals surface area contributed by atoms with Gasteiger partial charge in [0, 0.05) is 12.1 Å². The standard InChI is InChI=1S/C28H46N8O4/c29-16-8-7-14-21(27(40)36-23(24(30)37)18-19-10-3-1-4-11-19)35-26(39)22(15-9-17-33-28(31)32)34-25(38)20-12-5-2-6-13-20/h2,5-6,12-13,19,21-23H,1,3-4,7-11,14-18,29H2,(H2,30,37)(H,34,38)(H,35,39)(H,36,40)(H4,31,32,33)/t21-,22-,23-/m0/s1. The summed E-state index contributed by atoms with van der Waals surface area (Å²) in [5, 5.41) is 8.32. The molecule has 0 aliphatic heterocycles. The average molecular weight is 559 g/mol. The fraction of sp³-hybridized carbons (Fsp3) is 0.607. The molecule has 0 unspecified atom stereocenters. The van der Waals surface area contributed by atoms with E-state index in [1.807, 2.05) is 0 Å². The van der Waals surface area contributed by atoms with Crippen molar-refractivity contribution in [3.63, 3.8) is 0 Å². The summed E-state index contributed by atoms with van der Waals surface area (Å²) in [5.41, 5.74) is 22.5. The van der Waals surface area contributed by atoms with E-state index in [1.54, 1.807) is 30.3 Å². The molecule has 1 saturated carbocycles. The molecular weight excluding hydrogens is 512 g/mol. The lowest BCUT2D eigenvalue weighted by Gasteiger charge is -2.28. The third-order valence-corrected chi connectivity index (χ3v) is 7.14. The Labute approximate surface area is 236 Å². The van der Waals surface area contributed by atoms with E-state index in [0.717, 1.165) is 25.7 Å². The number of unbranched alkanes of at least 4 members (excludes halogenated alkanes) is 1. The van der Waals surface area contributed by atoms with E-state index in [0.29, 0.717) is 50.1 Å². The van der Waals surface area contributed by atoms with Gasteiger partial charge in [0.05, 0.1) is 0 Å². The van der Waals surface area contributed by atoms with E-state index in [4.69, 9.17) is 22.9 Å². The zero-order valence-corrected chi connectivity index (χ0v) is 23.3. The first-order valence-corrected chi connectivity index (χ1v) is 14.2. The van der Waals surface area contributed by atoms with Crippen molar-refractivity contribution in [1.82, 2.24) is 16.0 Å². The molecule has 0 aromatic heterocycles. The summed E-state index contributed by atoms with van der Waals surface area (Å²) < 4.78 is 0. The molecule has 1 aliphatic rings. The third kappa shape index (κ3) is 12.0. The highest BCUT2D eigenvalue weighted by Crippen LogP contribution is 2.27. The lowest BCUT2D eigenvalue weighted by molar-refractivity contribution is -0.132. The Kier molecular flexibility index (Phi) is 14.5. The van der Waals surface area contributed by atoms with E-state index >= 15 is 0 Å². The zero-order valence-electron chi connectivity index (χ0n) is 23.3. The number of nitrogens with one attached hydrogen (secondary N) is 3. The van der Waals surface area contributed by atoms with Gasteiger partial charge in [0.25, 0.3) is 5.91 Å². The Morgan fingerprint density at radius 1 is 0.800 bits per heavy atom. The van der Waals surface area contributed by atoms with Crippen molar-refractivity contribution in [3.05, 3.63) is 35.9 Å². The maximum absolute atomic E-state index is 13.4. The van der Waals surface area contributed by atoms with Gasteiger partial charge in [0.2, 0.25) is 17.7 Å². The molecular formula is C28H46N8O4. The van der Waals surface area contributed by atoms with Crippen LogP contribution in [0.2, 0.25) is 0 Å². The van der Waals surface area contributed by atoms with Gasteiger partial charge in [-0.25, -0.2) is 0 Å². The van der Waals surface area contributed by atoms with Gasteiger partial charge >= 0.3 is 0 Å². The van der Waals surface area contributed by atoms with Crippen LogP contribution in [-0.4, -0.2) is 60.8 Å². The van der Waals surface area contributed by atoms with Crippen LogP contribution < -0.4 is 38.9 Å². The van der Waals surface area contributed by atoms with Crippen molar-refractivity contribution in [2.75, 3.05) is 13.1 Å². The van der Waals surface area contributed by atoms with Gasteiger partial charge in [-0.1, -0.05) is 50.3 Å². The molecule has 12 nitrogen and oxygen atoms in total. The Morgan fingerprint density at radius 3 is 2.00 bits per heavy atom. The maximum atomic E-state index is 13.4. The number of hydrogen-bond acceptors (Lipinski definition) is 6. The van der Waals surface area contributed by atoms with Gasteiger partial charge in [-0.05, 0) is 63.1 Å². The van der Waals surface area contributed by atoms with Crippen LogP contribution >= 0.6 is 0 Å². The minimum atomic E-state index is -0.944. The Balaban J connectivity index is 2.14. The number of guanidine groups is 1. The van der Waals surface area contributed by atoms with E-state index in [1.165, 1.54) is 6.42 Å². The lowest BCUT2D eigenvalue weighted by Crippen LogP contribution is -2.56. The number of benzene rings is 1. The minimum Gasteiger partial charge on any atom is -0.370 e. The number of carbonyl (C=O) groups is 4. The topological polar surface area (TPSA) is 221 Å². The number of hydrogen-bond donors (Lipinski definition) is 7. The fourth-order valence-corrected chi connectivity index (χ4v) is 4.91. The summed E-state index contributed by atoms with van der Waals surface area (Å²) in [5.74, 6) is -1.78. The second kappa shape index (κ2) is 17.8. The molecule has 12 heteroatoms. The molecule has 1 aromatic rings. The van der Waals surface area contributed by atoms with Gasteiger partial charge in [0.1, 0.15) is 18.1 Å². The molecule has 11 N–H and O–H groups in total. The van der Waals surface area contributed by atoms with Crippen LogP contribution in [0.15, 0.2) is 35.3 Å². The number of aliphatic imine (C=N–C) groups is 1. The highest BCUT2D eigenvalue weighted by atomic mass is 16.2. The second-order valence-electron chi connectivity index (χ2n) is 10.4. The first-order chi connectivity index (χ1) is 19.2. The van der Waals surface area contributed by atoms with E-state index in [9.17, 15) is 19.2 Å². The smallest absolute Gasteiger partial charge is 0.251 e. The first kappa shape index (κ1) is 32.5. The molecule has 40 heavy (non-hydrogen) atoms. The van der Waals surface area contributed by atoms with Crippen LogP contribution in [0.4, 0.5) is 0 Å². The molecule has 222 valence electrons. The first-order valence-electron chi connectivity index (χ1n) is 14.2. The van der Waals surface area contributed by atoms with Gasteiger partial charge in [-0.15, -0.1) is 0 Å². The molecule has 1 fully saturated rings. The van der Waals surface area contributed by atoms with E-state index < -0.39 is 41.8 Å². The molecule has 0 bridgehead atoms. The summed E-state index contributed by atoms with van der Waals surface area (Å²) in [7, 11) is 0. The molecule has 3 atom stereocenters. The highest BCUT2D eigenvalue weighted by Gasteiger charge is 2.30. The van der Waals surface area contributed by atoms with E-state index in [2.05, 4.69) is 20.9 Å². The number of rotatable bonds is 17.